The molecule has 0 spiro atoms. The molecule has 0 bridgehead atoms. The number of anilines is 1. The summed E-state index contributed by atoms with van der Waals surface area (Å²) in [4.78, 5) is 17.4. The summed E-state index contributed by atoms with van der Waals surface area (Å²) < 4.78 is 0.873. The molecular formula is C59H53Cl6N5S. The van der Waals surface area contributed by atoms with Gasteiger partial charge in [0.05, 0.1) is 14.9 Å². The standard InChI is InChI=1S/C11H9Cl.2C10H8ClN.C10H10N2.C7H7Cl.C6H6ClN.C5H5ClS/c1-8-2-3-10-7-11(12)5-4-9(10)6-8;1-7-2-4-9-8(6-7)3-5-10(11)12-9;1-7-2-3-8-5-10(11)12-6-9(8)4-7;1-7-2-3-8-4-5-12-10(11)9(8)6-7;1-6-2-4-7(8)5-3-6;1-5-2-3-6(7)4-8-5;1-4-2-3-5(6)7-4/h2-7H,1H3;2*2-6H,1H3;2-6H,1H3,(H2,11,12);2-5H,1H3;2-4H,1H3;2-3H,1H3. The Kier molecular flexibility index (Phi) is 22.4. The number of nitrogens with zero attached hydrogens (tertiary/aromatic N) is 4. The number of halogens is 6. The molecule has 0 amide bonds. The lowest BCUT2D eigenvalue weighted by atomic mass is 10.1. The summed E-state index contributed by atoms with van der Waals surface area (Å²) in [7, 11) is 0. The molecule has 11 rings (SSSR count). The first-order valence-electron chi connectivity index (χ1n) is 22.2. The predicted molar refractivity (Wildman–Crippen MR) is 312 cm³/mol. The van der Waals surface area contributed by atoms with Crippen LogP contribution in [0.3, 0.4) is 0 Å². The Balaban J connectivity index is 0.000000156. The van der Waals surface area contributed by atoms with Crippen LogP contribution in [0.2, 0.25) is 29.7 Å². The molecule has 6 aromatic carbocycles. The molecule has 0 aliphatic carbocycles. The average Bonchev–Trinajstić information content (AvgIpc) is 3.74. The zero-order chi connectivity index (χ0) is 51.5. The third-order valence-corrected chi connectivity index (χ3v) is 12.4. The van der Waals surface area contributed by atoms with Gasteiger partial charge in [0, 0.05) is 55.4 Å². The van der Waals surface area contributed by atoms with Gasteiger partial charge in [-0.3, -0.25) is 4.98 Å². The molecule has 0 saturated carbocycles. The van der Waals surface area contributed by atoms with Crippen molar-refractivity contribution in [1.29, 1.82) is 0 Å². The molecule has 71 heavy (non-hydrogen) atoms. The lowest BCUT2D eigenvalue weighted by molar-refractivity contribution is 1.20. The van der Waals surface area contributed by atoms with E-state index in [0.717, 1.165) is 52.5 Å². The minimum Gasteiger partial charge on any atom is -0.383 e. The van der Waals surface area contributed by atoms with Gasteiger partial charge in [0.2, 0.25) is 0 Å². The Labute approximate surface area is 451 Å². The van der Waals surface area contributed by atoms with Gasteiger partial charge in [-0.1, -0.05) is 164 Å². The first-order valence-corrected chi connectivity index (χ1v) is 25.3. The predicted octanol–water partition coefficient (Wildman–Crippen LogP) is 19.7. The van der Waals surface area contributed by atoms with Crippen molar-refractivity contribution in [2.75, 3.05) is 5.73 Å². The Hall–Kier alpha value is -5.80. The van der Waals surface area contributed by atoms with Gasteiger partial charge in [0.15, 0.2) is 0 Å². The van der Waals surface area contributed by atoms with Crippen LogP contribution < -0.4 is 5.73 Å². The SMILES string of the molecule is Cc1ccc(Cl)cc1.Cc1ccc(Cl)cn1.Cc1ccc(Cl)s1.Cc1ccc2cc(Cl)ccc2c1.Cc1ccc2cc(Cl)ncc2c1.Cc1ccc2ccnc(N)c2c1.Cc1ccc2nc(Cl)ccc2c1. The van der Waals surface area contributed by atoms with Crippen molar-refractivity contribution >= 4 is 130 Å². The molecule has 362 valence electrons. The minimum atomic E-state index is 0.548. The molecule has 5 nitrogen and oxygen atoms in total. The van der Waals surface area contributed by atoms with E-state index in [4.69, 9.17) is 75.3 Å². The maximum atomic E-state index is 5.86. The maximum absolute atomic E-state index is 5.86. The van der Waals surface area contributed by atoms with Crippen molar-refractivity contribution in [2.45, 2.75) is 48.5 Å². The number of aromatic nitrogens is 4. The third kappa shape index (κ3) is 19.7. The molecule has 0 atom stereocenters. The van der Waals surface area contributed by atoms with Crippen LogP contribution in [0.25, 0.3) is 43.2 Å². The van der Waals surface area contributed by atoms with E-state index in [1.807, 2.05) is 131 Å². The first kappa shape index (κ1) is 56.1. The van der Waals surface area contributed by atoms with E-state index in [2.05, 4.69) is 101 Å². The molecule has 0 fully saturated rings. The molecule has 5 aromatic heterocycles. The van der Waals surface area contributed by atoms with Crippen LogP contribution in [0.5, 0.6) is 0 Å². The topological polar surface area (TPSA) is 77.6 Å². The van der Waals surface area contributed by atoms with Gasteiger partial charge in [-0.05, 0) is 167 Å². The Morgan fingerprint density at radius 3 is 1.51 bits per heavy atom. The van der Waals surface area contributed by atoms with Crippen LogP contribution in [0.4, 0.5) is 5.82 Å². The second-order valence-electron chi connectivity index (χ2n) is 16.4. The summed E-state index contributed by atoms with van der Waals surface area (Å²) in [6.45, 7) is 14.3. The van der Waals surface area contributed by atoms with Crippen LogP contribution >= 0.6 is 80.9 Å². The van der Waals surface area contributed by atoms with Crippen LogP contribution in [0.1, 0.15) is 38.4 Å². The number of fused-ring (bicyclic) bond motifs is 4. The van der Waals surface area contributed by atoms with Crippen molar-refractivity contribution in [3.63, 3.8) is 0 Å². The summed E-state index contributed by atoms with van der Waals surface area (Å²) >= 11 is 35.7. The highest BCUT2D eigenvalue weighted by Gasteiger charge is 1.99. The number of pyridine rings is 4. The highest BCUT2D eigenvalue weighted by Crippen LogP contribution is 2.23. The second-order valence-corrected chi connectivity index (χ2v) is 20.4. The van der Waals surface area contributed by atoms with Crippen molar-refractivity contribution in [3.05, 3.63) is 250 Å². The minimum absolute atomic E-state index is 0.548. The first-order chi connectivity index (χ1) is 33.9. The number of nitrogens with two attached hydrogens (primary N) is 1. The van der Waals surface area contributed by atoms with Crippen molar-refractivity contribution in [1.82, 2.24) is 19.9 Å². The molecular weight excluding hydrogens is 1020 g/mol. The fourth-order valence-electron chi connectivity index (χ4n) is 6.48. The Morgan fingerprint density at radius 2 is 0.915 bits per heavy atom. The fraction of sp³-hybridized carbons (Fsp3) is 0.119. The summed E-state index contributed by atoms with van der Waals surface area (Å²) in [6, 6.07) is 53.8. The van der Waals surface area contributed by atoms with Crippen molar-refractivity contribution < 1.29 is 0 Å². The quantitative estimate of drug-likeness (QED) is 0.153. The second kappa shape index (κ2) is 28.3. The third-order valence-electron chi connectivity index (χ3n) is 10.2. The molecule has 0 unspecified atom stereocenters. The Bertz CT molecular complexity index is 3000. The summed E-state index contributed by atoms with van der Waals surface area (Å²) in [5.74, 6) is 0.608. The monoisotopic (exact) mass is 1070 g/mol. The van der Waals surface area contributed by atoms with Gasteiger partial charge in [0.25, 0.3) is 0 Å². The van der Waals surface area contributed by atoms with E-state index < -0.39 is 0 Å². The molecule has 0 saturated heterocycles. The van der Waals surface area contributed by atoms with Crippen molar-refractivity contribution in [2.24, 2.45) is 0 Å². The van der Waals surface area contributed by atoms with Gasteiger partial charge in [-0.2, -0.15) is 0 Å². The largest absolute Gasteiger partial charge is 0.383 e. The van der Waals surface area contributed by atoms with E-state index >= 15 is 0 Å². The van der Waals surface area contributed by atoms with Crippen LogP contribution in [0, 0.1) is 48.5 Å². The normalized spacial score (nSPS) is 10.1. The summed E-state index contributed by atoms with van der Waals surface area (Å²) in [6.07, 6.45) is 5.16. The highest BCUT2D eigenvalue weighted by molar-refractivity contribution is 7.16. The molecule has 0 radical (unpaired) electrons. The number of hydrogen-bond acceptors (Lipinski definition) is 6. The molecule has 0 aliphatic heterocycles. The number of nitrogen functional groups attached to an aromatic ring is 1. The van der Waals surface area contributed by atoms with E-state index in [0.29, 0.717) is 21.1 Å². The van der Waals surface area contributed by atoms with Gasteiger partial charge in [0.1, 0.15) is 16.1 Å². The zero-order valence-electron chi connectivity index (χ0n) is 40.4. The lowest BCUT2D eigenvalue weighted by Crippen LogP contribution is -1.90. The fourth-order valence-corrected chi connectivity index (χ4v) is 8.23. The molecule has 2 N–H and O–H groups in total. The summed E-state index contributed by atoms with van der Waals surface area (Å²) in [5, 5.41) is 11.4. The zero-order valence-corrected chi connectivity index (χ0v) is 45.7. The molecule has 12 heteroatoms. The van der Waals surface area contributed by atoms with Crippen LogP contribution in [0.15, 0.2) is 182 Å². The van der Waals surface area contributed by atoms with Crippen LogP contribution in [-0.2, 0) is 0 Å². The molecule has 0 aliphatic rings. The van der Waals surface area contributed by atoms with E-state index in [-0.39, 0.29) is 0 Å². The number of benzene rings is 6. The van der Waals surface area contributed by atoms with Gasteiger partial charge < -0.3 is 5.73 Å². The highest BCUT2D eigenvalue weighted by atomic mass is 35.5. The van der Waals surface area contributed by atoms with Crippen LogP contribution in [-0.4, -0.2) is 19.9 Å². The number of rotatable bonds is 0. The lowest BCUT2D eigenvalue weighted by Gasteiger charge is -2.00. The Morgan fingerprint density at radius 1 is 0.380 bits per heavy atom. The van der Waals surface area contributed by atoms with Gasteiger partial charge in [-0.15, -0.1) is 11.3 Å². The maximum Gasteiger partial charge on any atom is 0.131 e. The number of aryl methyl sites for hydroxylation is 7. The molecule has 11 aromatic rings. The van der Waals surface area contributed by atoms with Gasteiger partial charge >= 0.3 is 0 Å². The van der Waals surface area contributed by atoms with E-state index in [9.17, 15) is 0 Å². The van der Waals surface area contributed by atoms with E-state index in [1.165, 1.54) is 43.5 Å². The van der Waals surface area contributed by atoms with E-state index in [1.54, 1.807) is 29.9 Å². The summed E-state index contributed by atoms with van der Waals surface area (Å²) in [5.41, 5.74) is 13.9. The van der Waals surface area contributed by atoms with Crippen molar-refractivity contribution in [3.8, 4) is 0 Å². The smallest absolute Gasteiger partial charge is 0.131 e. The average molecular weight is 1080 g/mol. The van der Waals surface area contributed by atoms with Gasteiger partial charge in [-0.25, -0.2) is 15.0 Å². The number of hydrogen-bond donors (Lipinski definition) is 1. The number of thiophene rings is 1. The molecule has 5 heterocycles.